The minimum atomic E-state index is -0.657. The second-order valence-corrected chi connectivity index (χ2v) is 8.51. The molecule has 1 saturated carbocycles. The van der Waals surface area contributed by atoms with E-state index in [-0.39, 0.29) is 18.2 Å². The first-order valence-corrected chi connectivity index (χ1v) is 10.9. The number of nitrogens with zero attached hydrogens (tertiary/aromatic N) is 3. The Hall–Kier alpha value is -3.20. The van der Waals surface area contributed by atoms with Gasteiger partial charge in [-0.3, -0.25) is 14.6 Å². The molecule has 4 rings (SSSR count). The molecule has 2 aliphatic carbocycles. The number of benzene rings is 1. The van der Waals surface area contributed by atoms with Gasteiger partial charge in [-0.2, -0.15) is 5.26 Å². The van der Waals surface area contributed by atoms with E-state index in [9.17, 15) is 14.9 Å². The van der Waals surface area contributed by atoms with Gasteiger partial charge in [0.05, 0.1) is 25.3 Å². The average molecular weight is 418 g/mol. The van der Waals surface area contributed by atoms with E-state index >= 15 is 0 Å². The number of allylic oxidation sites excluding steroid dienone is 3. The lowest BCUT2D eigenvalue weighted by molar-refractivity contribution is -0.133. The maximum absolute atomic E-state index is 13.5. The third kappa shape index (κ3) is 3.93. The van der Waals surface area contributed by atoms with Crippen molar-refractivity contribution < 1.29 is 14.3 Å². The van der Waals surface area contributed by atoms with Gasteiger partial charge in [0, 0.05) is 17.6 Å². The van der Waals surface area contributed by atoms with Crippen LogP contribution in [0, 0.1) is 18.3 Å². The summed E-state index contributed by atoms with van der Waals surface area (Å²) in [6.07, 6.45) is 7.28. The third-order valence-corrected chi connectivity index (χ3v) is 6.48. The summed E-state index contributed by atoms with van der Waals surface area (Å²) in [7, 11) is 1.54. The Labute approximate surface area is 182 Å². The molecular weight excluding hydrogens is 390 g/mol. The predicted molar refractivity (Wildman–Crippen MR) is 117 cm³/mol. The van der Waals surface area contributed by atoms with Gasteiger partial charge in [0.15, 0.2) is 5.78 Å². The van der Waals surface area contributed by atoms with Crippen LogP contribution in [0.5, 0.6) is 0 Å². The summed E-state index contributed by atoms with van der Waals surface area (Å²) in [5, 5.41) is 9.28. The van der Waals surface area contributed by atoms with Gasteiger partial charge >= 0.3 is 0 Å². The topological polar surface area (TPSA) is 82.8 Å². The molecule has 6 nitrogen and oxygen atoms in total. The van der Waals surface area contributed by atoms with Crippen molar-refractivity contribution in [2.75, 3.05) is 13.7 Å². The number of nitriles is 1. The molecule has 31 heavy (non-hydrogen) atoms. The van der Waals surface area contributed by atoms with Crippen LogP contribution < -0.4 is 0 Å². The van der Waals surface area contributed by atoms with Gasteiger partial charge in [0.25, 0.3) is 5.91 Å². The number of amides is 1. The van der Waals surface area contributed by atoms with Gasteiger partial charge in [-0.05, 0) is 45.1 Å². The van der Waals surface area contributed by atoms with Crippen LogP contribution in [0.25, 0.3) is 0 Å². The van der Waals surface area contributed by atoms with Crippen LogP contribution in [0.15, 0.2) is 52.2 Å². The molecule has 1 aromatic carbocycles. The molecule has 160 valence electrons. The zero-order valence-electron chi connectivity index (χ0n) is 18.1. The first-order valence-electron chi connectivity index (χ1n) is 10.9. The van der Waals surface area contributed by atoms with Gasteiger partial charge in [-0.25, -0.2) is 0 Å². The summed E-state index contributed by atoms with van der Waals surface area (Å²) in [5.41, 5.74) is 2.64. The minimum absolute atomic E-state index is 0.0604. The molecule has 0 unspecified atom stereocenters. The van der Waals surface area contributed by atoms with Gasteiger partial charge < -0.3 is 9.64 Å². The molecule has 1 aliphatic heterocycles. The summed E-state index contributed by atoms with van der Waals surface area (Å²) in [5.74, 6) is 0.176. The van der Waals surface area contributed by atoms with E-state index in [4.69, 9.17) is 9.73 Å². The van der Waals surface area contributed by atoms with Crippen LogP contribution in [0.4, 0.5) is 0 Å². The largest absolute Gasteiger partial charge is 0.500 e. The summed E-state index contributed by atoms with van der Waals surface area (Å²) >= 11 is 0. The highest BCUT2D eigenvalue weighted by atomic mass is 16.5. The second kappa shape index (κ2) is 8.50. The second-order valence-electron chi connectivity index (χ2n) is 8.51. The van der Waals surface area contributed by atoms with Crippen LogP contribution in [-0.4, -0.2) is 41.6 Å². The Kier molecular flexibility index (Phi) is 5.77. The lowest BCUT2D eigenvalue weighted by atomic mass is 9.88. The monoisotopic (exact) mass is 417 g/mol. The number of ether oxygens (including phenoxy) is 1. The number of Topliss-reactive ketones (excluding diaryl/α,β-unsaturated/α-hetero) is 1. The Morgan fingerprint density at radius 2 is 1.90 bits per heavy atom. The van der Waals surface area contributed by atoms with Crippen molar-refractivity contribution in [2.45, 2.75) is 57.5 Å². The van der Waals surface area contributed by atoms with E-state index in [1.54, 1.807) is 11.0 Å². The van der Waals surface area contributed by atoms with Crippen molar-refractivity contribution in [3.8, 4) is 6.07 Å². The zero-order chi connectivity index (χ0) is 22.0. The van der Waals surface area contributed by atoms with Crippen molar-refractivity contribution in [1.29, 1.82) is 5.26 Å². The van der Waals surface area contributed by atoms with Crippen molar-refractivity contribution in [3.63, 3.8) is 0 Å². The van der Waals surface area contributed by atoms with E-state index in [1.807, 2.05) is 31.2 Å². The van der Waals surface area contributed by atoms with Crippen LogP contribution in [0.2, 0.25) is 0 Å². The molecule has 6 heteroatoms. The number of aryl methyl sites for hydroxylation is 1. The molecule has 0 bridgehead atoms. The number of rotatable bonds is 5. The minimum Gasteiger partial charge on any atom is -0.500 e. The van der Waals surface area contributed by atoms with Crippen LogP contribution in [-0.2, 0) is 14.3 Å². The summed E-state index contributed by atoms with van der Waals surface area (Å²) < 4.78 is 5.42. The number of hydrogen-bond donors (Lipinski definition) is 0. The number of methoxy groups -OCH3 is 1. The maximum Gasteiger partial charge on any atom is 0.275 e. The van der Waals surface area contributed by atoms with E-state index in [0.717, 1.165) is 43.2 Å². The number of hydrogen-bond acceptors (Lipinski definition) is 5. The summed E-state index contributed by atoms with van der Waals surface area (Å²) in [4.78, 5) is 33.4. The molecule has 1 aromatic rings. The van der Waals surface area contributed by atoms with Crippen LogP contribution >= 0.6 is 0 Å². The molecule has 1 amide bonds. The first kappa shape index (κ1) is 21.0. The highest BCUT2D eigenvalue weighted by Gasteiger charge is 2.48. The molecule has 0 N–H and O–H groups in total. The summed E-state index contributed by atoms with van der Waals surface area (Å²) in [6, 6.07) is 9.92. The van der Waals surface area contributed by atoms with E-state index in [1.165, 1.54) is 7.11 Å². The quantitative estimate of drug-likeness (QED) is 0.725. The highest BCUT2D eigenvalue weighted by Crippen LogP contribution is 2.40. The highest BCUT2D eigenvalue weighted by molar-refractivity contribution is 6.47. The van der Waals surface area contributed by atoms with Gasteiger partial charge in [-0.15, -0.1) is 0 Å². The Morgan fingerprint density at radius 3 is 2.55 bits per heavy atom. The van der Waals surface area contributed by atoms with Crippen LogP contribution in [0.1, 0.15) is 56.1 Å². The Balaban J connectivity index is 1.67. The SMILES string of the molecule is COC1=C(C(=O)CN2C(=O)C(c3ccc(C)cc3)=NC23CCCCC3)C=C(C#N)CC1. The first-order chi connectivity index (χ1) is 15.0. The lowest BCUT2D eigenvalue weighted by Crippen LogP contribution is -2.50. The fraction of sp³-hybridized carbons (Fsp3) is 0.440. The van der Waals surface area contributed by atoms with E-state index in [2.05, 4.69) is 6.07 Å². The Bertz CT molecular complexity index is 1030. The van der Waals surface area contributed by atoms with Gasteiger partial charge in [0.2, 0.25) is 0 Å². The molecule has 3 aliphatic rings. The van der Waals surface area contributed by atoms with Crippen LogP contribution in [0.3, 0.4) is 0 Å². The third-order valence-electron chi connectivity index (χ3n) is 6.48. The fourth-order valence-electron chi connectivity index (χ4n) is 4.73. The van der Waals surface area contributed by atoms with Crippen molar-refractivity contribution >= 4 is 17.4 Å². The van der Waals surface area contributed by atoms with Gasteiger partial charge in [0.1, 0.15) is 17.1 Å². The molecule has 1 fully saturated rings. The molecule has 1 heterocycles. The molecule has 1 spiro atoms. The maximum atomic E-state index is 13.5. The molecule has 0 aromatic heterocycles. The lowest BCUT2D eigenvalue weighted by Gasteiger charge is -2.39. The molecule has 0 saturated heterocycles. The average Bonchev–Trinajstić information content (AvgIpc) is 3.05. The van der Waals surface area contributed by atoms with E-state index < -0.39 is 5.66 Å². The molecule has 0 radical (unpaired) electrons. The predicted octanol–water partition coefficient (Wildman–Crippen LogP) is 4.00. The smallest absolute Gasteiger partial charge is 0.275 e. The fourth-order valence-corrected chi connectivity index (χ4v) is 4.73. The number of carbonyl (C=O) groups excluding carboxylic acids is 2. The van der Waals surface area contributed by atoms with E-state index in [0.29, 0.717) is 35.5 Å². The van der Waals surface area contributed by atoms with Crippen molar-refractivity contribution in [1.82, 2.24) is 4.90 Å². The number of aliphatic imine (C=N–C) groups is 1. The number of ketones is 1. The number of carbonyl (C=O) groups is 2. The van der Waals surface area contributed by atoms with Gasteiger partial charge in [-0.1, -0.05) is 36.2 Å². The zero-order valence-corrected chi connectivity index (χ0v) is 18.1. The normalized spacial score (nSPS) is 20.4. The molecule has 0 atom stereocenters. The summed E-state index contributed by atoms with van der Waals surface area (Å²) in [6.45, 7) is 1.94. The standard InChI is InChI=1S/C25H27N3O3/c1-17-6-9-19(10-7-17)23-24(30)28(25(27-23)12-4-3-5-13-25)16-21(29)20-14-18(15-26)8-11-22(20)31-2/h6-7,9-10,14H,3-5,8,11-13,16H2,1-2H3. The molecular formula is C25H27N3O3. The van der Waals surface area contributed by atoms with Crippen molar-refractivity contribution in [3.05, 3.63) is 58.4 Å². The van der Waals surface area contributed by atoms with Crippen molar-refractivity contribution in [2.24, 2.45) is 4.99 Å². The Morgan fingerprint density at radius 1 is 1.19 bits per heavy atom.